The molecule has 0 unspecified atom stereocenters. The van der Waals surface area contributed by atoms with Crippen molar-refractivity contribution in [1.82, 2.24) is 4.90 Å². The van der Waals surface area contributed by atoms with Gasteiger partial charge < -0.3 is 19.1 Å². The summed E-state index contributed by atoms with van der Waals surface area (Å²) in [5.41, 5.74) is -0.517. The standard InChI is InChI=1S/C22H21F2NO5/c1-28-18-6-5-15-17(26)12-22(30-19(15)20(18)29-2)7-9-25(10-8-22)21(27)14-4-3-13(23)11-16(14)24/h3-6,11H,7-10,12H2,1-2H3. The van der Waals surface area contributed by atoms with Crippen LogP contribution in [-0.2, 0) is 0 Å². The highest BCUT2D eigenvalue weighted by Crippen LogP contribution is 2.47. The summed E-state index contributed by atoms with van der Waals surface area (Å²) < 4.78 is 44.1. The molecule has 0 aromatic heterocycles. The van der Waals surface area contributed by atoms with Crippen LogP contribution >= 0.6 is 0 Å². The van der Waals surface area contributed by atoms with Gasteiger partial charge in [-0.2, -0.15) is 0 Å². The van der Waals surface area contributed by atoms with Crippen molar-refractivity contribution in [3.05, 3.63) is 53.1 Å². The molecule has 0 radical (unpaired) electrons. The number of carbonyl (C=O) groups is 2. The number of amides is 1. The van der Waals surface area contributed by atoms with Crippen LogP contribution in [0.15, 0.2) is 30.3 Å². The van der Waals surface area contributed by atoms with Crippen molar-refractivity contribution in [2.24, 2.45) is 0 Å². The second-order valence-electron chi connectivity index (χ2n) is 7.48. The molecule has 2 aromatic carbocycles. The molecule has 1 amide bonds. The third-order valence-electron chi connectivity index (χ3n) is 5.73. The van der Waals surface area contributed by atoms with Gasteiger partial charge in [0.05, 0.1) is 31.8 Å². The first-order valence-electron chi connectivity index (χ1n) is 9.59. The summed E-state index contributed by atoms with van der Waals surface area (Å²) in [6, 6.07) is 6.21. The predicted molar refractivity (Wildman–Crippen MR) is 103 cm³/mol. The van der Waals surface area contributed by atoms with Gasteiger partial charge in [0.2, 0.25) is 5.75 Å². The number of likely N-dealkylation sites (tertiary alicyclic amines) is 1. The molecule has 0 atom stereocenters. The molecule has 0 aliphatic carbocycles. The number of methoxy groups -OCH3 is 2. The molecule has 0 saturated carbocycles. The van der Waals surface area contributed by atoms with E-state index in [2.05, 4.69) is 0 Å². The van der Waals surface area contributed by atoms with Gasteiger partial charge in [0.1, 0.15) is 17.2 Å². The summed E-state index contributed by atoms with van der Waals surface area (Å²) in [5.74, 6) is -1.05. The average molecular weight is 417 g/mol. The zero-order chi connectivity index (χ0) is 21.5. The van der Waals surface area contributed by atoms with Crippen molar-refractivity contribution in [1.29, 1.82) is 0 Å². The van der Waals surface area contributed by atoms with Gasteiger partial charge in [-0.25, -0.2) is 8.78 Å². The SMILES string of the molecule is COc1ccc2c(c1OC)OC1(CCN(C(=O)c3ccc(F)cc3F)CC1)CC2=O. The predicted octanol–water partition coefficient (Wildman–Crippen LogP) is 3.62. The van der Waals surface area contributed by atoms with Crippen LogP contribution in [0.3, 0.4) is 0 Å². The molecule has 1 fully saturated rings. The molecular weight excluding hydrogens is 396 g/mol. The molecule has 0 bridgehead atoms. The van der Waals surface area contributed by atoms with Crippen molar-refractivity contribution in [3.8, 4) is 17.2 Å². The quantitative estimate of drug-likeness (QED) is 0.763. The first-order chi connectivity index (χ1) is 14.4. The number of Topliss-reactive ketones (excluding diaryl/α,β-unsaturated/α-hetero) is 1. The van der Waals surface area contributed by atoms with Crippen molar-refractivity contribution >= 4 is 11.7 Å². The Morgan fingerprint density at radius 2 is 1.83 bits per heavy atom. The highest BCUT2D eigenvalue weighted by Gasteiger charge is 2.45. The Bertz CT molecular complexity index is 1010. The molecule has 6 nitrogen and oxygen atoms in total. The van der Waals surface area contributed by atoms with Crippen LogP contribution in [0.1, 0.15) is 40.0 Å². The van der Waals surface area contributed by atoms with Crippen molar-refractivity contribution < 1.29 is 32.6 Å². The van der Waals surface area contributed by atoms with Crippen LogP contribution in [0.4, 0.5) is 8.78 Å². The second-order valence-corrected chi connectivity index (χ2v) is 7.48. The molecule has 1 saturated heterocycles. The van der Waals surface area contributed by atoms with Crippen LogP contribution in [0.25, 0.3) is 0 Å². The maximum absolute atomic E-state index is 14.0. The molecule has 4 rings (SSSR count). The molecule has 8 heteroatoms. The number of hydrogen-bond donors (Lipinski definition) is 0. The fourth-order valence-corrected chi connectivity index (χ4v) is 4.09. The number of nitrogens with zero attached hydrogens (tertiary/aromatic N) is 1. The van der Waals surface area contributed by atoms with Crippen molar-refractivity contribution in [3.63, 3.8) is 0 Å². The topological polar surface area (TPSA) is 65.1 Å². The molecule has 2 aliphatic rings. The van der Waals surface area contributed by atoms with E-state index >= 15 is 0 Å². The van der Waals surface area contributed by atoms with Gasteiger partial charge in [-0.05, 0) is 24.3 Å². The summed E-state index contributed by atoms with van der Waals surface area (Å²) in [7, 11) is 2.98. The molecular formula is C22H21F2NO5. The minimum Gasteiger partial charge on any atom is -0.493 e. The van der Waals surface area contributed by atoms with E-state index in [9.17, 15) is 18.4 Å². The molecule has 0 N–H and O–H groups in total. The third-order valence-corrected chi connectivity index (χ3v) is 5.73. The van der Waals surface area contributed by atoms with Crippen molar-refractivity contribution in [2.75, 3.05) is 27.3 Å². The maximum atomic E-state index is 14.0. The number of rotatable bonds is 3. The fraction of sp³-hybridized carbons (Fsp3) is 0.364. The van der Waals surface area contributed by atoms with Gasteiger partial charge in [0.15, 0.2) is 17.3 Å². The van der Waals surface area contributed by atoms with E-state index in [0.717, 1.165) is 12.1 Å². The average Bonchev–Trinajstić information content (AvgIpc) is 2.73. The lowest BCUT2D eigenvalue weighted by Crippen LogP contribution is -2.52. The van der Waals surface area contributed by atoms with Gasteiger partial charge in [0, 0.05) is 32.0 Å². The van der Waals surface area contributed by atoms with E-state index < -0.39 is 23.1 Å². The minimum absolute atomic E-state index is 0.0680. The Balaban J connectivity index is 1.55. The molecule has 158 valence electrons. The Hall–Kier alpha value is -3.16. The Kier molecular flexibility index (Phi) is 5.09. The maximum Gasteiger partial charge on any atom is 0.256 e. The first-order valence-corrected chi connectivity index (χ1v) is 9.59. The zero-order valence-corrected chi connectivity index (χ0v) is 16.7. The van der Waals surface area contributed by atoms with Crippen LogP contribution in [0.5, 0.6) is 17.2 Å². The van der Waals surface area contributed by atoms with Crippen molar-refractivity contribution in [2.45, 2.75) is 24.9 Å². The summed E-state index contributed by atoms with van der Waals surface area (Å²) in [6.45, 7) is 0.565. The lowest BCUT2D eigenvalue weighted by molar-refractivity contribution is -0.00754. The summed E-state index contributed by atoms with van der Waals surface area (Å²) in [5, 5.41) is 0. The second kappa shape index (κ2) is 7.59. The molecule has 2 aliphatic heterocycles. The van der Waals surface area contributed by atoms with E-state index in [4.69, 9.17) is 14.2 Å². The number of ketones is 1. The molecule has 2 heterocycles. The summed E-state index contributed by atoms with van der Waals surface area (Å²) in [6.07, 6.45) is 0.975. The fourth-order valence-electron chi connectivity index (χ4n) is 4.09. The molecule has 30 heavy (non-hydrogen) atoms. The van der Waals surface area contributed by atoms with Gasteiger partial charge >= 0.3 is 0 Å². The van der Waals surface area contributed by atoms with E-state index in [0.29, 0.717) is 41.7 Å². The van der Waals surface area contributed by atoms with Gasteiger partial charge in [-0.15, -0.1) is 0 Å². The number of fused-ring (bicyclic) bond motifs is 1. The first kappa shape index (κ1) is 20.1. The van der Waals surface area contributed by atoms with Crippen LogP contribution in [-0.4, -0.2) is 49.5 Å². The van der Waals surface area contributed by atoms with Gasteiger partial charge in [0.25, 0.3) is 5.91 Å². The molecule has 2 aromatic rings. The smallest absolute Gasteiger partial charge is 0.256 e. The summed E-state index contributed by atoms with van der Waals surface area (Å²) in [4.78, 5) is 27.0. The lowest BCUT2D eigenvalue weighted by Gasteiger charge is -2.44. The largest absolute Gasteiger partial charge is 0.493 e. The number of piperidine rings is 1. The summed E-state index contributed by atoms with van der Waals surface area (Å²) >= 11 is 0. The molecule has 1 spiro atoms. The highest BCUT2D eigenvalue weighted by molar-refractivity contribution is 6.01. The van der Waals surface area contributed by atoms with Crippen LogP contribution in [0, 0.1) is 11.6 Å². The number of carbonyl (C=O) groups excluding carboxylic acids is 2. The van der Waals surface area contributed by atoms with Gasteiger partial charge in [-0.3, -0.25) is 9.59 Å². The number of hydrogen-bond acceptors (Lipinski definition) is 5. The van der Waals surface area contributed by atoms with Gasteiger partial charge in [-0.1, -0.05) is 0 Å². The monoisotopic (exact) mass is 417 g/mol. The number of halogens is 2. The zero-order valence-electron chi connectivity index (χ0n) is 16.7. The van der Waals surface area contributed by atoms with E-state index in [1.54, 1.807) is 12.1 Å². The van der Waals surface area contributed by atoms with E-state index in [-0.39, 0.29) is 30.9 Å². The minimum atomic E-state index is -0.893. The van der Waals surface area contributed by atoms with Crippen LogP contribution < -0.4 is 14.2 Å². The normalized spacial score (nSPS) is 17.3. The van der Waals surface area contributed by atoms with E-state index in [1.165, 1.54) is 19.1 Å². The number of ether oxygens (including phenoxy) is 3. The Morgan fingerprint density at radius 3 is 2.47 bits per heavy atom. The lowest BCUT2D eigenvalue weighted by atomic mass is 9.82. The van der Waals surface area contributed by atoms with Crippen LogP contribution in [0.2, 0.25) is 0 Å². The Morgan fingerprint density at radius 1 is 1.10 bits per heavy atom. The highest BCUT2D eigenvalue weighted by atomic mass is 19.1. The van der Waals surface area contributed by atoms with E-state index in [1.807, 2.05) is 0 Å². The number of benzene rings is 2. The third kappa shape index (κ3) is 3.36. The Labute approximate surface area is 172 Å².